The first-order chi connectivity index (χ1) is 12.0. The second-order valence-corrected chi connectivity index (χ2v) is 5.68. The van der Waals surface area contributed by atoms with Crippen molar-refractivity contribution in [3.8, 4) is 28.1 Å². The zero-order chi connectivity index (χ0) is 17.8. The van der Waals surface area contributed by atoms with Gasteiger partial charge in [-0.2, -0.15) is 4.73 Å². The molecular formula is C19H17N3O3. The van der Waals surface area contributed by atoms with E-state index < -0.39 is 5.91 Å². The molecule has 3 rings (SSSR count). The average molecular weight is 335 g/mol. The predicted molar refractivity (Wildman–Crippen MR) is 93.2 cm³/mol. The number of nitrogens with two attached hydrogens (primary N) is 1. The van der Waals surface area contributed by atoms with E-state index in [1.54, 1.807) is 18.2 Å². The highest BCUT2D eigenvalue weighted by atomic mass is 16.5. The zero-order valence-electron chi connectivity index (χ0n) is 13.4. The summed E-state index contributed by atoms with van der Waals surface area (Å²) in [6, 6.07) is 12.4. The molecule has 0 radical (unpaired) electrons. The van der Waals surface area contributed by atoms with Crippen molar-refractivity contribution in [3.63, 3.8) is 0 Å². The number of phenols is 1. The second-order valence-electron chi connectivity index (χ2n) is 5.68. The number of rotatable bonds is 5. The number of phenolic OH excluding ortho intramolecular Hbond substituents is 1. The topological polar surface area (TPSA) is 103 Å². The largest absolute Gasteiger partial charge is 0.618 e. The van der Waals surface area contributed by atoms with E-state index in [0.717, 1.165) is 21.4 Å². The molecule has 0 spiro atoms. The Labute approximate surface area is 144 Å². The Morgan fingerprint density at radius 1 is 1.20 bits per heavy atom. The number of primary amides is 1. The molecule has 6 heteroatoms. The van der Waals surface area contributed by atoms with Crippen LogP contribution in [0.4, 0.5) is 0 Å². The molecule has 3 aromatic rings. The summed E-state index contributed by atoms with van der Waals surface area (Å²) in [7, 11) is 0. The lowest BCUT2D eigenvalue weighted by Gasteiger charge is -2.12. The minimum Gasteiger partial charge on any atom is -0.618 e. The van der Waals surface area contributed by atoms with Crippen LogP contribution in [0.2, 0.25) is 0 Å². The quantitative estimate of drug-likeness (QED) is 0.551. The van der Waals surface area contributed by atoms with Gasteiger partial charge in [0.2, 0.25) is 11.6 Å². The number of carbonyl (C=O) groups is 1. The van der Waals surface area contributed by atoms with Crippen LogP contribution >= 0.6 is 0 Å². The van der Waals surface area contributed by atoms with Crippen LogP contribution in [-0.2, 0) is 11.2 Å². The summed E-state index contributed by atoms with van der Waals surface area (Å²) in [5, 5.41) is 21.7. The average Bonchev–Trinajstić information content (AvgIpc) is 2.60. The highest BCUT2D eigenvalue weighted by Gasteiger charge is 2.13. The van der Waals surface area contributed by atoms with Gasteiger partial charge in [-0.05, 0) is 47.4 Å². The van der Waals surface area contributed by atoms with Crippen LogP contribution in [0.15, 0.2) is 61.1 Å². The molecule has 0 atom stereocenters. The first-order valence-electron chi connectivity index (χ1n) is 7.79. The van der Waals surface area contributed by atoms with Gasteiger partial charge in [0.05, 0.1) is 6.20 Å². The molecule has 2 aromatic carbocycles. The van der Waals surface area contributed by atoms with Crippen molar-refractivity contribution in [2.45, 2.75) is 12.8 Å². The Morgan fingerprint density at radius 3 is 2.76 bits per heavy atom. The maximum atomic E-state index is 12.0. The lowest BCUT2D eigenvalue weighted by molar-refractivity contribution is -0.594. The minimum absolute atomic E-state index is 0.159. The first-order valence-corrected chi connectivity index (χ1v) is 7.79. The lowest BCUT2D eigenvalue weighted by Crippen LogP contribution is -2.28. The van der Waals surface area contributed by atoms with Gasteiger partial charge in [-0.3, -0.25) is 9.78 Å². The van der Waals surface area contributed by atoms with Gasteiger partial charge in [0, 0.05) is 12.0 Å². The van der Waals surface area contributed by atoms with Crippen LogP contribution in [-0.4, -0.2) is 16.0 Å². The fourth-order valence-corrected chi connectivity index (χ4v) is 2.72. The Hall–Kier alpha value is -3.41. The molecule has 0 unspecified atom stereocenters. The van der Waals surface area contributed by atoms with Crippen LogP contribution in [0.25, 0.3) is 22.4 Å². The minimum atomic E-state index is -0.396. The Morgan fingerprint density at radius 2 is 2.04 bits per heavy atom. The summed E-state index contributed by atoms with van der Waals surface area (Å²) < 4.78 is 0.744. The van der Waals surface area contributed by atoms with E-state index in [0.29, 0.717) is 17.7 Å². The summed E-state index contributed by atoms with van der Waals surface area (Å²) in [5.41, 5.74) is 8.98. The molecule has 3 N–H and O–H groups in total. The third kappa shape index (κ3) is 3.74. The zero-order valence-corrected chi connectivity index (χ0v) is 13.4. The van der Waals surface area contributed by atoms with Crippen LogP contribution in [0, 0.1) is 5.21 Å². The molecule has 0 fully saturated rings. The Bertz CT molecular complexity index is 925. The van der Waals surface area contributed by atoms with Crippen LogP contribution in [0.5, 0.6) is 5.75 Å². The van der Waals surface area contributed by atoms with Crippen molar-refractivity contribution in [2.24, 2.45) is 5.73 Å². The molecule has 0 saturated heterocycles. The summed E-state index contributed by atoms with van der Waals surface area (Å²) >= 11 is 0. The van der Waals surface area contributed by atoms with Crippen molar-refractivity contribution >= 4 is 5.91 Å². The van der Waals surface area contributed by atoms with E-state index in [1.165, 1.54) is 18.6 Å². The molecule has 1 amide bonds. The smallest absolute Gasteiger partial charge is 0.242 e. The van der Waals surface area contributed by atoms with Crippen LogP contribution < -0.4 is 10.5 Å². The van der Waals surface area contributed by atoms with Crippen molar-refractivity contribution in [2.75, 3.05) is 0 Å². The highest BCUT2D eigenvalue weighted by molar-refractivity contribution is 5.76. The molecular weight excluding hydrogens is 318 g/mol. The lowest BCUT2D eigenvalue weighted by atomic mass is 9.93. The van der Waals surface area contributed by atoms with Gasteiger partial charge in [-0.25, -0.2) is 0 Å². The number of hydrogen-bond donors (Lipinski definition) is 2. The number of carbonyl (C=O) groups excluding carboxylic acids is 1. The third-order valence-electron chi connectivity index (χ3n) is 3.92. The third-order valence-corrected chi connectivity index (χ3v) is 3.92. The van der Waals surface area contributed by atoms with E-state index in [2.05, 4.69) is 4.98 Å². The molecule has 0 aliphatic heterocycles. The van der Waals surface area contributed by atoms with Gasteiger partial charge in [0.25, 0.3) is 0 Å². The molecule has 25 heavy (non-hydrogen) atoms. The number of aromatic nitrogens is 2. The van der Waals surface area contributed by atoms with Crippen molar-refractivity contribution in [1.82, 2.24) is 4.98 Å². The first kappa shape index (κ1) is 16.4. The Balaban J connectivity index is 2.09. The second kappa shape index (κ2) is 7.00. The fourth-order valence-electron chi connectivity index (χ4n) is 2.72. The molecule has 126 valence electrons. The highest BCUT2D eigenvalue weighted by Crippen LogP contribution is 2.30. The van der Waals surface area contributed by atoms with Gasteiger partial charge >= 0.3 is 0 Å². The van der Waals surface area contributed by atoms with Crippen LogP contribution in [0.3, 0.4) is 0 Å². The summed E-state index contributed by atoms with van der Waals surface area (Å²) in [4.78, 5) is 15.2. The van der Waals surface area contributed by atoms with Gasteiger partial charge < -0.3 is 16.0 Å². The standard InChI is InChI=1S/C19H17N3O3/c20-19(24)7-5-14-10-15(18-12-21-8-9-22(18)25)4-6-17(14)13-2-1-3-16(23)11-13/h1-4,6,8-12,23H,5,7H2,(H2,20,24). The maximum absolute atomic E-state index is 12.0. The molecule has 0 saturated carbocycles. The molecule has 1 heterocycles. The number of amides is 1. The summed E-state index contributed by atoms with van der Waals surface area (Å²) in [5.74, 6) is -0.236. The van der Waals surface area contributed by atoms with Gasteiger partial charge in [0.15, 0.2) is 6.20 Å². The maximum Gasteiger partial charge on any atom is 0.242 e. The number of benzene rings is 2. The molecule has 1 aromatic heterocycles. The van der Waals surface area contributed by atoms with Gasteiger partial charge in [-0.1, -0.05) is 18.2 Å². The molecule has 0 aliphatic rings. The monoisotopic (exact) mass is 335 g/mol. The molecule has 6 nitrogen and oxygen atoms in total. The van der Waals surface area contributed by atoms with E-state index in [9.17, 15) is 15.1 Å². The van der Waals surface area contributed by atoms with Gasteiger partial charge in [-0.15, -0.1) is 0 Å². The van der Waals surface area contributed by atoms with E-state index in [4.69, 9.17) is 5.73 Å². The number of aryl methyl sites for hydroxylation is 1. The summed E-state index contributed by atoms with van der Waals surface area (Å²) in [6.45, 7) is 0. The SMILES string of the molecule is NC(=O)CCc1cc(-c2cncc[n+]2[O-])ccc1-c1cccc(O)c1. The Kier molecular flexibility index (Phi) is 4.61. The predicted octanol–water partition coefficient (Wildman–Crippen LogP) is 2.17. The normalized spacial score (nSPS) is 10.6. The molecule has 0 bridgehead atoms. The van der Waals surface area contributed by atoms with E-state index in [1.807, 2.05) is 24.3 Å². The van der Waals surface area contributed by atoms with Crippen molar-refractivity contribution < 1.29 is 14.6 Å². The van der Waals surface area contributed by atoms with E-state index in [-0.39, 0.29) is 12.2 Å². The molecule has 0 aliphatic carbocycles. The number of hydrogen-bond acceptors (Lipinski definition) is 4. The van der Waals surface area contributed by atoms with Crippen molar-refractivity contribution in [3.05, 3.63) is 71.8 Å². The van der Waals surface area contributed by atoms with E-state index >= 15 is 0 Å². The summed E-state index contributed by atoms with van der Waals surface area (Å²) in [6.07, 6.45) is 4.88. The number of aromatic hydroxyl groups is 1. The number of nitrogens with zero attached hydrogens (tertiary/aromatic N) is 2. The fraction of sp³-hybridized carbons (Fsp3) is 0.105. The van der Waals surface area contributed by atoms with Gasteiger partial charge in [0.1, 0.15) is 11.9 Å². The van der Waals surface area contributed by atoms with Crippen LogP contribution in [0.1, 0.15) is 12.0 Å². The van der Waals surface area contributed by atoms with Crippen molar-refractivity contribution in [1.29, 1.82) is 0 Å².